The summed E-state index contributed by atoms with van der Waals surface area (Å²) in [6, 6.07) is 4.81. The zero-order chi connectivity index (χ0) is 13.9. The van der Waals surface area contributed by atoms with E-state index in [1.54, 1.807) is 0 Å². The number of nitrogens with zero attached hydrogens (tertiary/aromatic N) is 4. The van der Waals surface area contributed by atoms with E-state index in [0.717, 1.165) is 23.4 Å². The van der Waals surface area contributed by atoms with E-state index in [0.29, 0.717) is 6.04 Å². The summed E-state index contributed by atoms with van der Waals surface area (Å²) in [7, 11) is 0. The molecule has 0 aliphatic carbocycles. The Hall–Kier alpha value is -0.650. The monoisotopic (exact) mass is 338 g/mol. The van der Waals surface area contributed by atoms with E-state index in [1.807, 2.05) is 12.3 Å². The first-order valence-corrected chi connectivity index (χ1v) is 8.38. The van der Waals surface area contributed by atoms with Crippen molar-refractivity contribution in [2.75, 3.05) is 50.7 Å². The summed E-state index contributed by atoms with van der Waals surface area (Å²) in [6.45, 7) is 10.6. The van der Waals surface area contributed by atoms with Gasteiger partial charge >= 0.3 is 0 Å². The molecule has 20 heavy (non-hydrogen) atoms. The first-order chi connectivity index (χ1) is 9.76. The Morgan fingerprint density at radius 2 is 2.05 bits per heavy atom. The molecule has 5 heteroatoms. The van der Waals surface area contributed by atoms with E-state index in [2.05, 4.69) is 48.6 Å². The van der Waals surface area contributed by atoms with E-state index >= 15 is 0 Å². The summed E-state index contributed by atoms with van der Waals surface area (Å²) in [5, 5.41) is 0. The Kier molecular flexibility index (Phi) is 4.58. The van der Waals surface area contributed by atoms with Crippen LogP contribution >= 0.6 is 15.9 Å². The average molecular weight is 339 g/mol. The van der Waals surface area contributed by atoms with Gasteiger partial charge in [-0.3, -0.25) is 4.90 Å². The van der Waals surface area contributed by atoms with Gasteiger partial charge in [0, 0.05) is 56.0 Å². The zero-order valence-electron chi connectivity index (χ0n) is 12.1. The third-order valence-corrected chi connectivity index (χ3v) is 5.06. The third kappa shape index (κ3) is 3.15. The fourth-order valence-electron chi connectivity index (χ4n) is 3.26. The molecule has 0 radical (unpaired) electrons. The second-order valence-corrected chi connectivity index (χ2v) is 6.61. The highest BCUT2D eigenvalue weighted by Crippen LogP contribution is 2.24. The lowest BCUT2D eigenvalue weighted by Crippen LogP contribution is -2.50. The normalized spacial score (nSPS) is 25.3. The van der Waals surface area contributed by atoms with Gasteiger partial charge in [0.2, 0.25) is 0 Å². The zero-order valence-corrected chi connectivity index (χ0v) is 13.7. The molecule has 4 nitrogen and oxygen atoms in total. The highest BCUT2D eigenvalue weighted by Gasteiger charge is 2.30. The van der Waals surface area contributed by atoms with Gasteiger partial charge < -0.3 is 9.80 Å². The molecule has 1 unspecified atom stereocenters. The number of hydrogen-bond donors (Lipinski definition) is 0. The molecule has 0 amide bonds. The van der Waals surface area contributed by atoms with Crippen LogP contribution in [0.1, 0.15) is 13.3 Å². The van der Waals surface area contributed by atoms with Crippen LogP contribution in [0.15, 0.2) is 22.8 Å². The van der Waals surface area contributed by atoms with Crippen molar-refractivity contribution in [1.29, 1.82) is 0 Å². The van der Waals surface area contributed by atoms with E-state index in [-0.39, 0.29) is 0 Å². The fraction of sp³-hybridized carbons (Fsp3) is 0.667. The molecule has 2 fully saturated rings. The minimum absolute atomic E-state index is 0.704. The summed E-state index contributed by atoms with van der Waals surface area (Å²) in [4.78, 5) is 12.1. The summed E-state index contributed by atoms with van der Waals surface area (Å²) in [5.74, 6) is 1.11. The molecule has 1 atom stereocenters. The molecule has 1 aromatic rings. The van der Waals surface area contributed by atoms with Crippen molar-refractivity contribution < 1.29 is 0 Å². The van der Waals surface area contributed by atoms with Crippen LogP contribution in [0.25, 0.3) is 0 Å². The molecule has 3 heterocycles. The van der Waals surface area contributed by atoms with Crippen LogP contribution in [0, 0.1) is 0 Å². The maximum Gasteiger partial charge on any atom is 0.129 e. The first-order valence-electron chi connectivity index (χ1n) is 7.59. The molecular weight excluding hydrogens is 316 g/mol. The quantitative estimate of drug-likeness (QED) is 0.841. The molecule has 2 aliphatic rings. The number of pyridine rings is 1. The topological polar surface area (TPSA) is 22.6 Å². The van der Waals surface area contributed by atoms with Crippen molar-refractivity contribution in [1.82, 2.24) is 14.8 Å². The SMILES string of the molecule is CCN1CCN(C2CCN(c3cc(Br)ccn3)C2)CC1. The van der Waals surface area contributed by atoms with E-state index < -0.39 is 0 Å². The predicted octanol–water partition coefficient (Wildman–Crippen LogP) is 2.06. The van der Waals surface area contributed by atoms with Crippen LogP contribution in [0.5, 0.6) is 0 Å². The average Bonchev–Trinajstić information content (AvgIpc) is 2.97. The molecule has 110 valence electrons. The minimum Gasteiger partial charge on any atom is -0.355 e. The Morgan fingerprint density at radius 3 is 2.75 bits per heavy atom. The molecule has 0 aromatic carbocycles. The number of halogens is 1. The maximum absolute atomic E-state index is 4.50. The number of rotatable bonds is 3. The van der Waals surface area contributed by atoms with Gasteiger partial charge in [-0.2, -0.15) is 0 Å². The summed E-state index contributed by atoms with van der Waals surface area (Å²) >= 11 is 3.53. The summed E-state index contributed by atoms with van der Waals surface area (Å²) < 4.78 is 1.11. The number of piperazine rings is 1. The second kappa shape index (κ2) is 6.41. The standard InChI is InChI=1S/C15H23BrN4/c1-2-18-7-9-19(10-8-18)14-4-6-20(12-14)15-11-13(16)3-5-17-15/h3,5,11,14H,2,4,6-10,12H2,1H3. The fourth-order valence-corrected chi connectivity index (χ4v) is 3.58. The first kappa shape index (κ1) is 14.3. The van der Waals surface area contributed by atoms with Crippen LogP contribution in [-0.2, 0) is 0 Å². The third-order valence-electron chi connectivity index (χ3n) is 4.57. The molecule has 0 N–H and O–H groups in total. The smallest absolute Gasteiger partial charge is 0.129 e. The van der Waals surface area contributed by atoms with Gasteiger partial charge in [-0.1, -0.05) is 22.9 Å². The van der Waals surface area contributed by atoms with Crippen LogP contribution < -0.4 is 4.90 Å². The van der Waals surface area contributed by atoms with E-state index in [9.17, 15) is 0 Å². The largest absolute Gasteiger partial charge is 0.355 e. The Balaban J connectivity index is 1.57. The van der Waals surface area contributed by atoms with Crippen molar-refractivity contribution in [3.8, 4) is 0 Å². The lowest BCUT2D eigenvalue weighted by molar-refractivity contribution is 0.107. The van der Waals surface area contributed by atoms with Gasteiger partial charge in [0.05, 0.1) is 0 Å². The molecule has 0 spiro atoms. The van der Waals surface area contributed by atoms with Crippen molar-refractivity contribution in [2.45, 2.75) is 19.4 Å². The van der Waals surface area contributed by atoms with Crippen LogP contribution in [0.3, 0.4) is 0 Å². The van der Waals surface area contributed by atoms with Gasteiger partial charge in [0.1, 0.15) is 5.82 Å². The van der Waals surface area contributed by atoms with E-state index in [4.69, 9.17) is 0 Å². The van der Waals surface area contributed by atoms with Gasteiger partial charge in [-0.15, -0.1) is 0 Å². The Morgan fingerprint density at radius 1 is 1.25 bits per heavy atom. The van der Waals surface area contributed by atoms with Crippen LogP contribution in [0.2, 0.25) is 0 Å². The summed E-state index contributed by atoms with van der Waals surface area (Å²) in [6.07, 6.45) is 3.15. The minimum atomic E-state index is 0.704. The van der Waals surface area contributed by atoms with E-state index in [1.165, 1.54) is 39.1 Å². The maximum atomic E-state index is 4.50. The predicted molar refractivity (Wildman–Crippen MR) is 86.2 cm³/mol. The Labute approximate surface area is 129 Å². The molecule has 2 aliphatic heterocycles. The van der Waals surface area contributed by atoms with Crippen LogP contribution in [-0.4, -0.2) is 66.6 Å². The van der Waals surface area contributed by atoms with Crippen LogP contribution in [0.4, 0.5) is 5.82 Å². The number of aromatic nitrogens is 1. The summed E-state index contributed by atoms with van der Waals surface area (Å²) in [5.41, 5.74) is 0. The van der Waals surface area contributed by atoms with Gasteiger partial charge in [-0.05, 0) is 25.1 Å². The molecule has 1 aromatic heterocycles. The molecular formula is C15H23BrN4. The molecule has 2 saturated heterocycles. The number of anilines is 1. The van der Waals surface area contributed by atoms with Gasteiger partial charge in [0.15, 0.2) is 0 Å². The van der Waals surface area contributed by atoms with Crippen molar-refractivity contribution in [3.05, 3.63) is 22.8 Å². The van der Waals surface area contributed by atoms with Crippen molar-refractivity contribution in [3.63, 3.8) is 0 Å². The lowest BCUT2D eigenvalue weighted by Gasteiger charge is -2.37. The number of hydrogen-bond acceptors (Lipinski definition) is 4. The highest BCUT2D eigenvalue weighted by molar-refractivity contribution is 9.10. The molecule has 0 bridgehead atoms. The molecule has 0 saturated carbocycles. The van der Waals surface area contributed by atoms with Gasteiger partial charge in [0.25, 0.3) is 0 Å². The van der Waals surface area contributed by atoms with Gasteiger partial charge in [-0.25, -0.2) is 4.98 Å². The highest BCUT2D eigenvalue weighted by atomic mass is 79.9. The van der Waals surface area contributed by atoms with Crippen molar-refractivity contribution >= 4 is 21.7 Å². The lowest BCUT2D eigenvalue weighted by atomic mass is 10.2. The van der Waals surface area contributed by atoms with Crippen molar-refractivity contribution in [2.24, 2.45) is 0 Å². The Bertz CT molecular complexity index is 445. The molecule has 3 rings (SSSR count). The second-order valence-electron chi connectivity index (χ2n) is 5.69. The number of likely N-dealkylation sites (N-methyl/N-ethyl adjacent to an activating group) is 1.